The first-order chi connectivity index (χ1) is 9.56. The van der Waals surface area contributed by atoms with Gasteiger partial charge in [0.1, 0.15) is 0 Å². The Bertz CT molecular complexity index is 511. The number of nitrogens with zero attached hydrogens (tertiary/aromatic N) is 1. The van der Waals surface area contributed by atoms with E-state index in [1.807, 2.05) is 25.1 Å². The number of nitrogens with one attached hydrogen (secondary N) is 1. The van der Waals surface area contributed by atoms with Crippen molar-refractivity contribution in [3.05, 3.63) is 29.3 Å². The molecule has 1 aliphatic heterocycles. The summed E-state index contributed by atoms with van der Waals surface area (Å²) in [5.74, 6) is -0.0546. The third-order valence-electron chi connectivity index (χ3n) is 3.37. The van der Waals surface area contributed by atoms with Crippen LogP contribution in [0.4, 0.5) is 5.69 Å². The quantitative estimate of drug-likeness (QED) is 0.867. The number of thiocarbonyl (C=S) groups is 1. The van der Waals surface area contributed by atoms with Gasteiger partial charge in [-0.2, -0.15) is 0 Å². The van der Waals surface area contributed by atoms with Crippen LogP contribution in [-0.2, 0) is 16.0 Å². The molecule has 0 unspecified atom stereocenters. The predicted molar refractivity (Wildman–Crippen MR) is 84.2 cm³/mol. The maximum absolute atomic E-state index is 11.0. The molecule has 0 bridgehead atoms. The van der Waals surface area contributed by atoms with Crippen LogP contribution in [0.2, 0.25) is 0 Å². The first-order valence-corrected chi connectivity index (χ1v) is 7.20. The summed E-state index contributed by atoms with van der Waals surface area (Å²) in [4.78, 5) is 14.2. The number of hydrogen-bond acceptors (Lipinski definition) is 3. The summed E-state index contributed by atoms with van der Waals surface area (Å²) in [7, 11) is 0. The Balaban J connectivity index is 2.01. The Kier molecular flexibility index (Phi) is 5.09. The molecule has 1 amide bonds. The van der Waals surface area contributed by atoms with Crippen LogP contribution in [0, 0.1) is 6.92 Å². The molecular weight excluding hydrogens is 272 g/mol. The third-order valence-corrected chi connectivity index (χ3v) is 3.77. The van der Waals surface area contributed by atoms with Crippen LogP contribution in [0.15, 0.2) is 18.2 Å². The lowest BCUT2D eigenvalue weighted by atomic mass is 10.0. The van der Waals surface area contributed by atoms with E-state index in [-0.39, 0.29) is 5.91 Å². The van der Waals surface area contributed by atoms with Crippen LogP contribution in [-0.4, -0.2) is 42.1 Å². The van der Waals surface area contributed by atoms with Crippen LogP contribution in [0.5, 0.6) is 0 Å². The van der Waals surface area contributed by atoms with Gasteiger partial charge in [-0.15, -0.1) is 0 Å². The maximum Gasteiger partial charge on any atom is 0.221 e. The fourth-order valence-electron chi connectivity index (χ4n) is 2.26. The Morgan fingerprint density at radius 2 is 2.10 bits per heavy atom. The number of anilines is 1. The molecule has 0 atom stereocenters. The first-order valence-electron chi connectivity index (χ1n) is 6.79. The molecule has 4 nitrogen and oxygen atoms in total. The summed E-state index contributed by atoms with van der Waals surface area (Å²) >= 11 is 5.52. The molecule has 2 rings (SSSR count). The van der Waals surface area contributed by atoms with Crippen LogP contribution >= 0.6 is 12.2 Å². The van der Waals surface area contributed by atoms with Gasteiger partial charge in [-0.05, 0) is 30.2 Å². The van der Waals surface area contributed by atoms with E-state index >= 15 is 0 Å². The maximum atomic E-state index is 11.0. The van der Waals surface area contributed by atoms with Crippen molar-refractivity contribution in [1.29, 1.82) is 0 Å². The third kappa shape index (κ3) is 4.02. The van der Waals surface area contributed by atoms with Gasteiger partial charge < -0.3 is 15.0 Å². The molecule has 1 fully saturated rings. The minimum atomic E-state index is -0.0546. The van der Waals surface area contributed by atoms with Gasteiger partial charge in [0, 0.05) is 32.1 Å². The minimum absolute atomic E-state index is 0.0546. The zero-order chi connectivity index (χ0) is 14.5. The molecular formula is C15H20N2O2S. The molecule has 1 heterocycles. The number of amides is 1. The second-order valence-corrected chi connectivity index (χ2v) is 5.46. The van der Waals surface area contributed by atoms with Gasteiger partial charge in [0.15, 0.2) is 0 Å². The van der Waals surface area contributed by atoms with Crippen molar-refractivity contribution in [3.8, 4) is 0 Å². The summed E-state index contributed by atoms with van der Waals surface area (Å²) in [6.07, 6.45) is 0.765. The normalized spacial score (nSPS) is 15.0. The van der Waals surface area contributed by atoms with E-state index in [2.05, 4.69) is 10.2 Å². The molecule has 1 aliphatic rings. The van der Waals surface area contributed by atoms with Crippen LogP contribution < -0.4 is 5.32 Å². The highest BCUT2D eigenvalue weighted by Gasteiger charge is 2.14. The molecule has 108 valence electrons. The number of aryl methyl sites for hydroxylation is 1. The number of rotatable bonds is 3. The Labute approximate surface area is 125 Å². The van der Waals surface area contributed by atoms with Crippen LogP contribution in [0.25, 0.3) is 0 Å². The second kappa shape index (κ2) is 6.81. The monoisotopic (exact) mass is 292 g/mol. The Hall–Kier alpha value is -1.46. The predicted octanol–water partition coefficient (Wildman–Crippen LogP) is 2.16. The fourth-order valence-corrected chi connectivity index (χ4v) is 2.60. The number of carbonyl (C=O) groups is 1. The van der Waals surface area contributed by atoms with Gasteiger partial charge in [0.2, 0.25) is 5.91 Å². The van der Waals surface area contributed by atoms with Gasteiger partial charge in [0.05, 0.1) is 18.2 Å². The highest BCUT2D eigenvalue weighted by atomic mass is 32.1. The van der Waals surface area contributed by atoms with Gasteiger partial charge in [-0.1, -0.05) is 18.3 Å². The number of benzene rings is 1. The average Bonchev–Trinajstić information content (AvgIpc) is 2.42. The molecule has 1 N–H and O–H groups in total. The lowest BCUT2D eigenvalue weighted by Gasteiger charge is -2.29. The van der Waals surface area contributed by atoms with E-state index in [4.69, 9.17) is 17.0 Å². The molecule has 0 saturated carbocycles. The van der Waals surface area contributed by atoms with Crippen molar-refractivity contribution < 1.29 is 9.53 Å². The minimum Gasteiger partial charge on any atom is -0.378 e. The summed E-state index contributed by atoms with van der Waals surface area (Å²) in [5, 5.41) is 2.79. The smallest absolute Gasteiger partial charge is 0.221 e. The van der Waals surface area contributed by atoms with Gasteiger partial charge in [-0.3, -0.25) is 4.79 Å². The highest BCUT2D eigenvalue weighted by molar-refractivity contribution is 7.80. The van der Waals surface area contributed by atoms with Crippen molar-refractivity contribution >= 4 is 28.8 Å². The zero-order valence-corrected chi connectivity index (χ0v) is 12.8. The average molecular weight is 292 g/mol. The molecule has 0 aromatic heterocycles. The van der Waals surface area contributed by atoms with Gasteiger partial charge >= 0.3 is 0 Å². The highest BCUT2D eigenvalue weighted by Crippen LogP contribution is 2.17. The van der Waals surface area contributed by atoms with Gasteiger partial charge in [0.25, 0.3) is 0 Å². The number of morpholine rings is 1. The number of hydrogen-bond donors (Lipinski definition) is 1. The standard InChI is InChI=1S/C15H20N2O2S/c1-11-9-14(16-12(2)18)4-3-13(11)10-15(20)17-5-7-19-8-6-17/h3-4,9H,5-8,10H2,1-2H3,(H,16,18). The van der Waals surface area contributed by atoms with E-state index in [0.29, 0.717) is 0 Å². The Morgan fingerprint density at radius 3 is 2.70 bits per heavy atom. The molecule has 20 heavy (non-hydrogen) atoms. The summed E-state index contributed by atoms with van der Waals surface area (Å²) in [5.41, 5.74) is 3.18. The van der Waals surface area contributed by atoms with Gasteiger partial charge in [-0.25, -0.2) is 0 Å². The van der Waals surface area contributed by atoms with Crippen molar-refractivity contribution in [2.75, 3.05) is 31.6 Å². The van der Waals surface area contributed by atoms with Crippen molar-refractivity contribution in [2.45, 2.75) is 20.3 Å². The summed E-state index contributed by atoms with van der Waals surface area (Å²) < 4.78 is 5.34. The van der Waals surface area contributed by atoms with E-state index in [9.17, 15) is 4.79 Å². The SMILES string of the molecule is CC(=O)Nc1ccc(CC(=S)N2CCOCC2)c(C)c1. The second-order valence-electron chi connectivity index (χ2n) is 4.99. The van der Waals surface area contributed by atoms with Crippen molar-refractivity contribution in [3.63, 3.8) is 0 Å². The zero-order valence-electron chi connectivity index (χ0n) is 11.9. The summed E-state index contributed by atoms with van der Waals surface area (Å²) in [6, 6.07) is 5.94. The topological polar surface area (TPSA) is 41.6 Å². The Morgan fingerprint density at radius 1 is 1.40 bits per heavy atom. The number of carbonyl (C=O) groups excluding carboxylic acids is 1. The van der Waals surface area contributed by atoms with E-state index in [0.717, 1.165) is 49.0 Å². The van der Waals surface area contributed by atoms with E-state index in [1.165, 1.54) is 12.5 Å². The fraction of sp³-hybridized carbons (Fsp3) is 0.467. The van der Waals surface area contributed by atoms with E-state index in [1.54, 1.807) is 0 Å². The molecule has 1 saturated heterocycles. The van der Waals surface area contributed by atoms with Crippen LogP contribution in [0.1, 0.15) is 18.1 Å². The van der Waals surface area contributed by atoms with Crippen molar-refractivity contribution in [1.82, 2.24) is 4.90 Å². The van der Waals surface area contributed by atoms with Crippen molar-refractivity contribution in [2.24, 2.45) is 0 Å². The molecule has 1 aromatic carbocycles. The molecule has 0 aliphatic carbocycles. The molecule has 0 spiro atoms. The number of ether oxygens (including phenoxy) is 1. The first kappa shape index (κ1) is 14.9. The molecule has 0 radical (unpaired) electrons. The molecule has 5 heteroatoms. The lowest BCUT2D eigenvalue weighted by molar-refractivity contribution is -0.114. The lowest BCUT2D eigenvalue weighted by Crippen LogP contribution is -2.40. The van der Waals surface area contributed by atoms with E-state index < -0.39 is 0 Å². The molecule has 1 aromatic rings. The van der Waals surface area contributed by atoms with Crippen LogP contribution in [0.3, 0.4) is 0 Å². The summed E-state index contributed by atoms with van der Waals surface area (Å²) in [6.45, 7) is 6.81. The largest absolute Gasteiger partial charge is 0.378 e.